The molecule has 3 heteroatoms. The van der Waals surface area contributed by atoms with Crippen LogP contribution in [0.2, 0.25) is 0 Å². The Labute approximate surface area is 108 Å². The van der Waals surface area contributed by atoms with Crippen molar-refractivity contribution in [2.24, 2.45) is 0 Å². The van der Waals surface area contributed by atoms with Crippen LogP contribution in [0.25, 0.3) is 0 Å². The number of benzene rings is 1. The van der Waals surface area contributed by atoms with Crippen molar-refractivity contribution in [3.63, 3.8) is 0 Å². The standard InChI is InChI=1S/C15H20FNO/c16-14-8-13(9-15(18)10-14)11-17-7-6-12-4-2-1-3-5-12/h4,8-10,17-18H,1-3,5-7,11H2. The highest BCUT2D eigenvalue weighted by Crippen LogP contribution is 2.19. The van der Waals surface area contributed by atoms with Gasteiger partial charge in [0.25, 0.3) is 0 Å². The van der Waals surface area contributed by atoms with E-state index in [0.717, 1.165) is 24.6 Å². The summed E-state index contributed by atoms with van der Waals surface area (Å²) in [4.78, 5) is 0. The molecule has 0 saturated heterocycles. The largest absolute Gasteiger partial charge is 0.508 e. The molecule has 1 aromatic rings. The summed E-state index contributed by atoms with van der Waals surface area (Å²) < 4.78 is 13.0. The maximum Gasteiger partial charge on any atom is 0.127 e. The van der Waals surface area contributed by atoms with Gasteiger partial charge >= 0.3 is 0 Å². The minimum Gasteiger partial charge on any atom is -0.508 e. The highest BCUT2D eigenvalue weighted by Gasteiger charge is 2.03. The van der Waals surface area contributed by atoms with Crippen molar-refractivity contribution in [1.82, 2.24) is 5.32 Å². The molecule has 0 amide bonds. The maximum atomic E-state index is 13.0. The highest BCUT2D eigenvalue weighted by atomic mass is 19.1. The van der Waals surface area contributed by atoms with E-state index in [9.17, 15) is 9.50 Å². The van der Waals surface area contributed by atoms with Crippen molar-refractivity contribution < 1.29 is 9.50 Å². The molecule has 2 N–H and O–H groups in total. The third-order valence-corrected chi connectivity index (χ3v) is 3.28. The molecule has 0 heterocycles. The quantitative estimate of drug-likeness (QED) is 0.618. The summed E-state index contributed by atoms with van der Waals surface area (Å²) in [6.07, 6.45) is 8.49. The van der Waals surface area contributed by atoms with Crippen LogP contribution in [0.4, 0.5) is 4.39 Å². The molecule has 0 radical (unpaired) electrons. The number of phenols is 1. The van der Waals surface area contributed by atoms with E-state index in [0.29, 0.717) is 6.54 Å². The Hall–Kier alpha value is -1.35. The van der Waals surface area contributed by atoms with Crippen LogP contribution in [0.3, 0.4) is 0 Å². The van der Waals surface area contributed by atoms with Crippen molar-refractivity contribution >= 4 is 0 Å². The fourth-order valence-corrected chi connectivity index (χ4v) is 2.35. The lowest BCUT2D eigenvalue weighted by atomic mass is 9.97. The molecule has 18 heavy (non-hydrogen) atoms. The van der Waals surface area contributed by atoms with Gasteiger partial charge in [-0.05, 0) is 56.3 Å². The zero-order valence-electron chi connectivity index (χ0n) is 10.6. The predicted molar refractivity (Wildman–Crippen MR) is 70.9 cm³/mol. The molecule has 0 bridgehead atoms. The predicted octanol–water partition coefficient (Wildman–Crippen LogP) is 3.51. The lowest BCUT2D eigenvalue weighted by Crippen LogP contribution is -2.15. The zero-order chi connectivity index (χ0) is 12.8. The third-order valence-electron chi connectivity index (χ3n) is 3.28. The van der Waals surface area contributed by atoms with Crippen LogP contribution in [-0.4, -0.2) is 11.7 Å². The molecular weight excluding hydrogens is 229 g/mol. The smallest absolute Gasteiger partial charge is 0.127 e. The highest BCUT2D eigenvalue weighted by molar-refractivity contribution is 5.28. The molecular formula is C15H20FNO. The Bertz CT molecular complexity index is 408. The van der Waals surface area contributed by atoms with Crippen molar-refractivity contribution in [2.75, 3.05) is 6.54 Å². The molecule has 0 atom stereocenters. The molecule has 0 saturated carbocycles. The van der Waals surface area contributed by atoms with E-state index in [4.69, 9.17) is 0 Å². The Kier molecular flexibility index (Phi) is 4.76. The average molecular weight is 249 g/mol. The number of hydrogen-bond donors (Lipinski definition) is 2. The van der Waals surface area contributed by atoms with Crippen LogP contribution in [0.5, 0.6) is 5.75 Å². The second kappa shape index (κ2) is 6.55. The van der Waals surface area contributed by atoms with Crippen molar-refractivity contribution in [3.8, 4) is 5.75 Å². The number of halogens is 1. The summed E-state index contributed by atoms with van der Waals surface area (Å²) in [7, 11) is 0. The van der Waals surface area contributed by atoms with Crippen molar-refractivity contribution in [3.05, 3.63) is 41.2 Å². The zero-order valence-corrected chi connectivity index (χ0v) is 10.6. The van der Waals surface area contributed by atoms with Gasteiger partial charge in [-0.15, -0.1) is 0 Å². The van der Waals surface area contributed by atoms with Gasteiger partial charge in [0, 0.05) is 12.6 Å². The van der Waals surface area contributed by atoms with Gasteiger partial charge in [0.05, 0.1) is 0 Å². The van der Waals surface area contributed by atoms with Gasteiger partial charge < -0.3 is 10.4 Å². The SMILES string of the molecule is Oc1cc(F)cc(CNCCC2=CCCCC2)c1. The first-order valence-corrected chi connectivity index (χ1v) is 6.61. The maximum absolute atomic E-state index is 13.0. The van der Waals surface area contributed by atoms with Crippen LogP contribution in [-0.2, 0) is 6.54 Å². The van der Waals surface area contributed by atoms with Gasteiger partial charge in [-0.2, -0.15) is 0 Å². The van der Waals surface area contributed by atoms with E-state index in [-0.39, 0.29) is 11.6 Å². The molecule has 0 aromatic heterocycles. The molecule has 1 aromatic carbocycles. The van der Waals surface area contributed by atoms with E-state index >= 15 is 0 Å². The summed E-state index contributed by atoms with van der Waals surface area (Å²) >= 11 is 0. The molecule has 0 aliphatic heterocycles. The van der Waals surface area contributed by atoms with Gasteiger partial charge in [-0.25, -0.2) is 4.39 Å². The molecule has 1 aliphatic rings. The van der Waals surface area contributed by atoms with Crippen LogP contribution >= 0.6 is 0 Å². The second-order valence-electron chi connectivity index (χ2n) is 4.85. The number of phenolic OH excluding ortho intramolecular Hbond substituents is 1. The van der Waals surface area contributed by atoms with Crippen LogP contribution in [0.1, 0.15) is 37.7 Å². The van der Waals surface area contributed by atoms with E-state index < -0.39 is 0 Å². The molecule has 2 nitrogen and oxygen atoms in total. The lowest BCUT2D eigenvalue weighted by Gasteiger charge is -2.13. The Morgan fingerprint density at radius 3 is 2.83 bits per heavy atom. The fraction of sp³-hybridized carbons (Fsp3) is 0.467. The molecule has 0 unspecified atom stereocenters. The van der Waals surface area contributed by atoms with Gasteiger partial charge in [-0.3, -0.25) is 0 Å². The summed E-state index contributed by atoms with van der Waals surface area (Å²) in [5, 5.41) is 12.6. The Morgan fingerprint density at radius 2 is 2.11 bits per heavy atom. The van der Waals surface area contributed by atoms with E-state index in [1.54, 1.807) is 6.07 Å². The van der Waals surface area contributed by atoms with E-state index in [1.165, 1.54) is 37.3 Å². The van der Waals surface area contributed by atoms with Crippen LogP contribution < -0.4 is 5.32 Å². The normalized spacial score (nSPS) is 15.5. The number of allylic oxidation sites excluding steroid dienone is 1. The van der Waals surface area contributed by atoms with Gasteiger partial charge in [0.15, 0.2) is 0 Å². The van der Waals surface area contributed by atoms with Gasteiger partial charge in [0.1, 0.15) is 11.6 Å². The Morgan fingerprint density at radius 1 is 1.22 bits per heavy atom. The monoisotopic (exact) mass is 249 g/mol. The van der Waals surface area contributed by atoms with Crippen LogP contribution in [0.15, 0.2) is 29.8 Å². The van der Waals surface area contributed by atoms with Crippen molar-refractivity contribution in [1.29, 1.82) is 0 Å². The summed E-state index contributed by atoms with van der Waals surface area (Å²) in [6.45, 7) is 1.50. The molecule has 2 rings (SSSR count). The number of aromatic hydroxyl groups is 1. The first kappa shape index (κ1) is 13.1. The first-order chi connectivity index (χ1) is 8.74. The van der Waals surface area contributed by atoms with Gasteiger partial charge in [0.2, 0.25) is 0 Å². The minimum atomic E-state index is -0.387. The number of rotatable bonds is 5. The summed E-state index contributed by atoms with van der Waals surface area (Å²) in [5.74, 6) is -0.399. The first-order valence-electron chi connectivity index (χ1n) is 6.61. The van der Waals surface area contributed by atoms with Crippen LogP contribution in [0, 0.1) is 5.82 Å². The number of hydrogen-bond acceptors (Lipinski definition) is 2. The molecule has 0 fully saturated rings. The molecule has 0 spiro atoms. The average Bonchev–Trinajstić information content (AvgIpc) is 2.35. The summed E-state index contributed by atoms with van der Waals surface area (Å²) in [6, 6.07) is 4.17. The Balaban J connectivity index is 1.73. The topological polar surface area (TPSA) is 32.3 Å². The van der Waals surface area contributed by atoms with Gasteiger partial charge in [-0.1, -0.05) is 11.6 Å². The number of nitrogens with one attached hydrogen (secondary N) is 1. The van der Waals surface area contributed by atoms with E-state index in [1.807, 2.05) is 0 Å². The molecule has 98 valence electrons. The van der Waals surface area contributed by atoms with E-state index in [2.05, 4.69) is 11.4 Å². The fourth-order valence-electron chi connectivity index (χ4n) is 2.35. The summed E-state index contributed by atoms with van der Waals surface area (Å²) in [5.41, 5.74) is 2.32. The molecule has 1 aliphatic carbocycles. The lowest BCUT2D eigenvalue weighted by molar-refractivity contribution is 0.467. The second-order valence-corrected chi connectivity index (χ2v) is 4.85. The minimum absolute atomic E-state index is 0.0122. The third kappa shape index (κ3) is 4.15. The van der Waals surface area contributed by atoms with Crippen molar-refractivity contribution in [2.45, 2.75) is 38.6 Å².